The summed E-state index contributed by atoms with van der Waals surface area (Å²) in [5.74, 6) is 1.06. The second-order valence-electron chi connectivity index (χ2n) is 7.11. The highest BCUT2D eigenvalue weighted by atomic mass is 79.9. The molecule has 0 bridgehead atoms. The van der Waals surface area contributed by atoms with Gasteiger partial charge >= 0.3 is 0 Å². The number of hydrogen-bond acceptors (Lipinski definition) is 4. The van der Waals surface area contributed by atoms with Crippen molar-refractivity contribution in [3.63, 3.8) is 0 Å². The molecule has 0 saturated carbocycles. The molecular formula is C24H22BrClN2O2. The summed E-state index contributed by atoms with van der Waals surface area (Å²) in [5.41, 5.74) is 3.82. The normalized spacial score (nSPS) is 18.7. The van der Waals surface area contributed by atoms with Gasteiger partial charge in [0.05, 0.1) is 6.61 Å². The molecule has 2 unspecified atom stereocenters. The van der Waals surface area contributed by atoms with Crippen LogP contribution in [-0.2, 0) is 0 Å². The molecule has 0 spiro atoms. The lowest BCUT2D eigenvalue weighted by atomic mass is 9.93. The minimum Gasteiger partial charge on any atom is -0.508 e. The second kappa shape index (κ2) is 9.21. The van der Waals surface area contributed by atoms with Gasteiger partial charge in [0.25, 0.3) is 0 Å². The molecule has 3 aromatic rings. The zero-order chi connectivity index (χ0) is 21.1. The van der Waals surface area contributed by atoms with Crippen LogP contribution in [0.25, 0.3) is 0 Å². The molecule has 2 atom stereocenters. The summed E-state index contributed by atoms with van der Waals surface area (Å²) in [6.45, 7) is 2.60. The van der Waals surface area contributed by atoms with Gasteiger partial charge in [-0.15, -0.1) is 0 Å². The fourth-order valence-electron chi connectivity index (χ4n) is 3.61. The van der Waals surface area contributed by atoms with Crippen molar-refractivity contribution in [2.24, 2.45) is 4.99 Å². The quantitative estimate of drug-likeness (QED) is 0.438. The zero-order valence-corrected chi connectivity index (χ0v) is 18.8. The van der Waals surface area contributed by atoms with Gasteiger partial charge in [-0.1, -0.05) is 39.7 Å². The molecule has 1 heterocycles. The molecule has 0 aromatic heterocycles. The van der Waals surface area contributed by atoms with Crippen molar-refractivity contribution in [1.82, 2.24) is 5.32 Å². The first-order chi connectivity index (χ1) is 14.5. The number of nitrogens with zero attached hydrogens (tertiary/aromatic N) is 1. The van der Waals surface area contributed by atoms with Gasteiger partial charge in [-0.25, -0.2) is 0 Å². The van der Waals surface area contributed by atoms with E-state index in [-0.39, 0.29) is 18.0 Å². The van der Waals surface area contributed by atoms with Crippen LogP contribution >= 0.6 is 27.5 Å². The Balaban J connectivity index is 1.72. The highest BCUT2D eigenvalue weighted by Gasteiger charge is 2.28. The summed E-state index contributed by atoms with van der Waals surface area (Å²) in [6.07, 6.45) is 0.395. The monoisotopic (exact) mass is 484 g/mol. The Bertz CT molecular complexity index is 1050. The molecule has 4 nitrogen and oxygen atoms in total. The number of benzene rings is 3. The lowest BCUT2D eigenvalue weighted by molar-refractivity contribution is 0.340. The van der Waals surface area contributed by atoms with Crippen molar-refractivity contribution in [3.05, 3.63) is 92.9 Å². The average Bonchev–Trinajstić information content (AvgIpc) is 2.76. The zero-order valence-electron chi connectivity index (χ0n) is 16.5. The number of nitrogens with one attached hydrogen (secondary N) is 1. The van der Waals surface area contributed by atoms with E-state index in [9.17, 15) is 5.11 Å². The Kier molecular flexibility index (Phi) is 6.42. The molecule has 154 valence electrons. The first kappa shape index (κ1) is 20.9. The lowest BCUT2D eigenvalue weighted by Gasteiger charge is -2.31. The van der Waals surface area contributed by atoms with Gasteiger partial charge in [0.2, 0.25) is 0 Å². The van der Waals surface area contributed by atoms with Crippen LogP contribution in [0.2, 0.25) is 5.02 Å². The molecule has 0 aliphatic carbocycles. The average molecular weight is 486 g/mol. The van der Waals surface area contributed by atoms with Crippen LogP contribution < -0.4 is 10.1 Å². The van der Waals surface area contributed by atoms with E-state index in [1.165, 1.54) is 0 Å². The van der Waals surface area contributed by atoms with E-state index in [0.717, 1.165) is 32.6 Å². The van der Waals surface area contributed by atoms with Crippen molar-refractivity contribution in [2.75, 3.05) is 6.61 Å². The number of aromatic hydroxyl groups is 1. The van der Waals surface area contributed by atoms with Gasteiger partial charge in [0.1, 0.15) is 17.7 Å². The Morgan fingerprint density at radius 1 is 1.10 bits per heavy atom. The standard InChI is InChI=1S/C24H22BrClN2O2/c1-2-30-19-10-5-15(6-11-19)21-14-22(20-13-18(26)9-12-23(20)29)28-24(27-21)16-3-7-17(25)8-4-16/h3-13,22,24,28-29H,2,14H2,1H3. The van der Waals surface area contributed by atoms with Crippen molar-refractivity contribution >= 4 is 33.2 Å². The third kappa shape index (κ3) is 4.69. The molecule has 30 heavy (non-hydrogen) atoms. The van der Waals surface area contributed by atoms with Crippen LogP contribution in [0.3, 0.4) is 0 Å². The van der Waals surface area contributed by atoms with E-state index in [4.69, 9.17) is 21.3 Å². The van der Waals surface area contributed by atoms with E-state index in [0.29, 0.717) is 18.1 Å². The van der Waals surface area contributed by atoms with Gasteiger partial charge < -0.3 is 9.84 Å². The first-order valence-electron chi connectivity index (χ1n) is 9.83. The van der Waals surface area contributed by atoms with Gasteiger partial charge in [-0.3, -0.25) is 10.3 Å². The van der Waals surface area contributed by atoms with Crippen LogP contribution in [0.4, 0.5) is 0 Å². The van der Waals surface area contributed by atoms with E-state index < -0.39 is 0 Å². The Labute approximate surface area is 189 Å². The summed E-state index contributed by atoms with van der Waals surface area (Å²) >= 11 is 9.71. The number of rotatable bonds is 5. The van der Waals surface area contributed by atoms with E-state index in [2.05, 4.69) is 21.2 Å². The van der Waals surface area contributed by atoms with E-state index in [1.807, 2.05) is 61.5 Å². The van der Waals surface area contributed by atoms with Gasteiger partial charge in [-0.2, -0.15) is 0 Å². The molecule has 2 N–H and O–H groups in total. The molecular weight excluding hydrogens is 464 g/mol. The van der Waals surface area contributed by atoms with Crippen LogP contribution in [0.5, 0.6) is 11.5 Å². The predicted octanol–water partition coefficient (Wildman–Crippen LogP) is 6.43. The highest BCUT2D eigenvalue weighted by Crippen LogP contribution is 2.36. The van der Waals surface area contributed by atoms with Crippen LogP contribution in [-0.4, -0.2) is 17.4 Å². The maximum atomic E-state index is 10.5. The summed E-state index contributed by atoms with van der Waals surface area (Å²) in [6, 6.07) is 21.1. The topological polar surface area (TPSA) is 53.8 Å². The molecule has 0 amide bonds. The Morgan fingerprint density at radius 3 is 2.53 bits per heavy atom. The third-order valence-corrected chi connectivity index (χ3v) is 5.85. The predicted molar refractivity (Wildman–Crippen MR) is 125 cm³/mol. The van der Waals surface area contributed by atoms with Gasteiger partial charge in [0.15, 0.2) is 0 Å². The minimum atomic E-state index is -0.239. The maximum absolute atomic E-state index is 10.5. The van der Waals surface area contributed by atoms with Crippen LogP contribution in [0.1, 0.15) is 42.2 Å². The van der Waals surface area contributed by atoms with Crippen molar-refractivity contribution in [2.45, 2.75) is 25.6 Å². The van der Waals surface area contributed by atoms with Crippen molar-refractivity contribution in [1.29, 1.82) is 0 Å². The molecule has 0 radical (unpaired) electrons. The summed E-state index contributed by atoms with van der Waals surface area (Å²) < 4.78 is 6.58. The number of halogens is 2. The number of phenols is 1. The summed E-state index contributed by atoms with van der Waals surface area (Å²) in [4.78, 5) is 4.99. The maximum Gasteiger partial charge on any atom is 0.126 e. The fourth-order valence-corrected chi connectivity index (χ4v) is 4.06. The van der Waals surface area contributed by atoms with E-state index in [1.54, 1.807) is 12.1 Å². The third-order valence-electron chi connectivity index (χ3n) is 5.09. The number of hydrogen-bond donors (Lipinski definition) is 2. The number of aliphatic imine (C=N–C) groups is 1. The fraction of sp³-hybridized carbons (Fsp3) is 0.208. The first-order valence-corrected chi connectivity index (χ1v) is 11.0. The van der Waals surface area contributed by atoms with E-state index >= 15 is 0 Å². The van der Waals surface area contributed by atoms with Crippen LogP contribution in [0.15, 0.2) is 76.2 Å². The highest BCUT2D eigenvalue weighted by molar-refractivity contribution is 9.10. The second-order valence-corrected chi connectivity index (χ2v) is 8.47. The van der Waals surface area contributed by atoms with Crippen LogP contribution in [0, 0.1) is 0 Å². The Hall–Kier alpha value is -2.34. The molecule has 6 heteroatoms. The van der Waals surface area contributed by atoms with Crippen molar-refractivity contribution < 1.29 is 9.84 Å². The Morgan fingerprint density at radius 2 is 1.83 bits per heavy atom. The number of ether oxygens (including phenoxy) is 1. The molecule has 4 rings (SSSR count). The molecule has 0 saturated heterocycles. The number of phenolic OH excluding ortho intramolecular Hbond substituents is 1. The largest absolute Gasteiger partial charge is 0.508 e. The smallest absolute Gasteiger partial charge is 0.126 e. The lowest BCUT2D eigenvalue weighted by Crippen LogP contribution is -2.33. The summed E-state index contributed by atoms with van der Waals surface area (Å²) in [5, 5.41) is 14.6. The SMILES string of the molecule is CCOc1ccc(C2=NC(c3ccc(Br)cc3)NC(c3cc(Cl)ccc3O)C2)cc1. The molecule has 0 fully saturated rings. The summed E-state index contributed by atoms with van der Waals surface area (Å²) in [7, 11) is 0. The minimum absolute atomic E-state index is 0.128. The van der Waals surface area contributed by atoms with Gasteiger partial charge in [0, 0.05) is 33.2 Å². The van der Waals surface area contributed by atoms with Crippen molar-refractivity contribution in [3.8, 4) is 11.5 Å². The molecule has 1 aliphatic heterocycles. The molecule has 1 aliphatic rings. The van der Waals surface area contributed by atoms with Gasteiger partial charge in [-0.05, 0) is 72.6 Å². The molecule has 3 aromatic carbocycles.